The molecular weight excluding hydrogens is 288 g/mol. The zero-order valence-electron chi connectivity index (χ0n) is 12.5. The molecule has 118 valence electrons. The summed E-state index contributed by atoms with van der Waals surface area (Å²) in [6, 6.07) is 0. The van der Waals surface area contributed by atoms with Crippen molar-refractivity contribution in [1.82, 2.24) is 9.80 Å². The van der Waals surface area contributed by atoms with Crippen molar-refractivity contribution >= 4 is 23.6 Å². The van der Waals surface area contributed by atoms with Crippen LogP contribution in [0.2, 0.25) is 0 Å². The molecule has 0 aromatic heterocycles. The van der Waals surface area contributed by atoms with Crippen LogP contribution in [0, 0.1) is 11.8 Å². The van der Waals surface area contributed by atoms with E-state index in [9.17, 15) is 9.59 Å². The fourth-order valence-corrected chi connectivity index (χ4v) is 4.48. The second-order valence-electron chi connectivity index (χ2n) is 6.24. The number of hydrogen-bond acceptors (Lipinski definition) is 4. The maximum atomic E-state index is 12.2. The quantitative estimate of drug-likeness (QED) is 0.772. The van der Waals surface area contributed by atoms with E-state index in [1.807, 2.05) is 9.80 Å². The standard InChI is InChI=1S/C15H24N2O3S/c18-14(16-4-6-20-7-5-16)10-21-11-15(19)17-8-12-2-1-3-13(12)9-17/h12-13H,1-11H2/t12-,13-/m1/s1. The Labute approximate surface area is 130 Å². The molecule has 0 unspecified atom stereocenters. The minimum atomic E-state index is 0.134. The molecular formula is C15H24N2O3S. The number of amides is 2. The third-order valence-electron chi connectivity index (χ3n) is 4.89. The molecule has 3 fully saturated rings. The van der Waals surface area contributed by atoms with Gasteiger partial charge in [-0.15, -0.1) is 11.8 Å². The summed E-state index contributed by atoms with van der Waals surface area (Å²) < 4.78 is 5.23. The molecule has 0 bridgehead atoms. The maximum absolute atomic E-state index is 12.2. The predicted molar refractivity (Wildman–Crippen MR) is 82.1 cm³/mol. The van der Waals surface area contributed by atoms with Crippen molar-refractivity contribution in [3.8, 4) is 0 Å². The minimum absolute atomic E-state index is 0.134. The number of rotatable bonds is 4. The van der Waals surface area contributed by atoms with Crippen LogP contribution in [0.5, 0.6) is 0 Å². The van der Waals surface area contributed by atoms with Crippen molar-refractivity contribution in [2.75, 3.05) is 50.9 Å². The highest BCUT2D eigenvalue weighted by atomic mass is 32.2. The van der Waals surface area contributed by atoms with Gasteiger partial charge in [0.2, 0.25) is 11.8 Å². The number of nitrogens with zero attached hydrogens (tertiary/aromatic N) is 2. The number of hydrogen-bond donors (Lipinski definition) is 0. The van der Waals surface area contributed by atoms with Crippen LogP contribution in [-0.2, 0) is 14.3 Å². The molecule has 2 amide bonds. The maximum Gasteiger partial charge on any atom is 0.232 e. The van der Waals surface area contributed by atoms with Gasteiger partial charge in [0.05, 0.1) is 24.7 Å². The van der Waals surface area contributed by atoms with Crippen molar-refractivity contribution < 1.29 is 14.3 Å². The summed E-state index contributed by atoms with van der Waals surface area (Å²) in [4.78, 5) is 28.0. The Balaban J connectivity index is 1.35. The lowest BCUT2D eigenvalue weighted by atomic mass is 10.0. The molecule has 21 heavy (non-hydrogen) atoms. The summed E-state index contributed by atoms with van der Waals surface area (Å²) in [7, 11) is 0. The fraction of sp³-hybridized carbons (Fsp3) is 0.867. The van der Waals surface area contributed by atoms with Gasteiger partial charge < -0.3 is 14.5 Å². The molecule has 0 aromatic carbocycles. The number of carbonyl (C=O) groups is 2. The van der Waals surface area contributed by atoms with Crippen molar-refractivity contribution in [1.29, 1.82) is 0 Å². The number of ether oxygens (including phenoxy) is 1. The van der Waals surface area contributed by atoms with Crippen LogP contribution in [0.3, 0.4) is 0 Å². The molecule has 2 saturated heterocycles. The number of morpholine rings is 1. The SMILES string of the molecule is O=C(CSCC(=O)N1C[C@H]2CCC[C@@H]2C1)N1CCOCC1. The van der Waals surface area contributed by atoms with Gasteiger partial charge in [0.25, 0.3) is 0 Å². The van der Waals surface area contributed by atoms with Crippen molar-refractivity contribution in [2.45, 2.75) is 19.3 Å². The van der Waals surface area contributed by atoms with Gasteiger partial charge in [0.15, 0.2) is 0 Å². The zero-order valence-corrected chi connectivity index (χ0v) is 13.3. The Bertz CT molecular complexity index is 386. The Morgan fingerprint density at radius 3 is 2.14 bits per heavy atom. The van der Waals surface area contributed by atoms with Gasteiger partial charge in [-0.1, -0.05) is 6.42 Å². The van der Waals surface area contributed by atoms with E-state index in [1.165, 1.54) is 31.0 Å². The van der Waals surface area contributed by atoms with E-state index in [1.54, 1.807) is 0 Å². The van der Waals surface area contributed by atoms with Crippen LogP contribution in [0.4, 0.5) is 0 Å². The van der Waals surface area contributed by atoms with Crippen molar-refractivity contribution in [2.24, 2.45) is 11.8 Å². The van der Waals surface area contributed by atoms with Crippen LogP contribution < -0.4 is 0 Å². The molecule has 1 aliphatic carbocycles. The topological polar surface area (TPSA) is 49.9 Å². The molecule has 2 heterocycles. The average molecular weight is 312 g/mol. The highest BCUT2D eigenvalue weighted by Gasteiger charge is 2.37. The average Bonchev–Trinajstić information content (AvgIpc) is 3.09. The van der Waals surface area contributed by atoms with E-state index in [0.717, 1.165) is 24.9 Å². The Morgan fingerprint density at radius 2 is 1.52 bits per heavy atom. The summed E-state index contributed by atoms with van der Waals surface area (Å²) in [5, 5.41) is 0. The summed E-state index contributed by atoms with van der Waals surface area (Å²) in [6.45, 7) is 4.52. The third-order valence-corrected chi connectivity index (χ3v) is 5.80. The van der Waals surface area contributed by atoms with Crippen LogP contribution >= 0.6 is 11.8 Å². The first-order valence-corrected chi connectivity index (χ1v) is 9.10. The van der Waals surface area contributed by atoms with E-state index in [2.05, 4.69) is 0 Å². The molecule has 3 rings (SSSR count). The summed E-state index contributed by atoms with van der Waals surface area (Å²) >= 11 is 1.45. The zero-order chi connectivity index (χ0) is 14.7. The lowest BCUT2D eigenvalue weighted by molar-refractivity contribution is -0.132. The van der Waals surface area contributed by atoms with Crippen molar-refractivity contribution in [3.05, 3.63) is 0 Å². The van der Waals surface area contributed by atoms with Gasteiger partial charge in [-0.3, -0.25) is 9.59 Å². The number of thioether (sulfide) groups is 1. The first-order valence-electron chi connectivity index (χ1n) is 7.95. The smallest absolute Gasteiger partial charge is 0.232 e. The van der Waals surface area contributed by atoms with E-state index < -0.39 is 0 Å². The first-order chi connectivity index (χ1) is 10.2. The lowest BCUT2D eigenvalue weighted by Crippen LogP contribution is -2.41. The molecule has 6 heteroatoms. The molecule has 0 radical (unpaired) electrons. The van der Waals surface area contributed by atoms with E-state index in [0.29, 0.717) is 37.8 Å². The second-order valence-corrected chi connectivity index (χ2v) is 7.22. The van der Waals surface area contributed by atoms with E-state index in [4.69, 9.17) is 4.74 Å². The summed E-state index contributed by atoms with van der Waals surface area (Å²) in [5.41, 5.74) is 0. The van der Waals surface area contributed by atoms with E-state index >= 15 is 0 Å². The molecule has 2 atom stereocenters. The largest absolute Gasteiger partial charge is 0.378 e. The highest BCUT2D eigenvalue weighted by molar-refractivity contribution is 8.00. The number of fused-ring (bicyclic) bond motifs is 1. The third kappa shape index (κ3) is 3.72. The molecule has 0 spiro atoms. The summed E-state index contributed by atoms with van der Waals surface area (Å²) in [5.74, 6) is 2.68. The highest BCUT2D eigenvalue weighted by Crippen LogP contribution is 2.37. The van der Waals surface area contributed by atoms with Gasteiger partial charge in [-0.2, -0.15) is 0 Å². The van der Waals surface area contributed by atoms with Gasteiger partial charge in [-0.05, 0) is 24.7 Å². The fourth-order valence-electron chi connectivity index (χ4n) is 3.66. The van der Waals surface area contributed by atoms with Gasteiger partial charge in [0, 0.05) is 26.2 Å². The Morgan fingerprint density at radius 1 is 0.952 bits per heavy atom. The van der Waals surface area contributed by atoms with Crippen LogP contribution in [0.25, 0.3) is 0 Å². The predicted octanol–water partition coefficient (Wildman–Crippen LogP) is 0.837. The Hall–Kier alpha value is -0.750. The van der Waals surface area contributed by atoms with Gasteiger partial charge in [0.1, 0.15) is 0 Å². The monoisotopic (exact) mass is 312 g/mol. The van der Waals surface area contributed by atoms with Gasteiger partial charge >= 0.3 is 0 Å². The molecule has 1 saturated carbocycles. The number of carbonyl (C=O) groups excluding carboxylic acids is 2. The van der Waals surface area contributed by atoms with E-state index in [-0.39, 0.29) is 11.8 Å². The number of likely N-dealkylation sites (tertiary alicyclic amines) is 1. The minimum Gasteiger partial charge on any atom is -0.378 e. The lowest BCUT2D eigenvalue weighted by Gasteiger charge is -2.26. The molecule has 2 aliphatic heterocycles. The Kier molecular flexibility index (Phi) is 5.06. The second kappa shape index (κ2) is 7.01. The van der Waals surface area contributed by atoms with Crippen LogP contribution in [0.1, 0.15) is 19.3 Å². The van der Waals surface area contributed by atoms with Crippen LogP contribution in [-0.4, -0.2) is 72.5 Å². The first kappa shape index (κ1) is 15.2. The molecule has 3 aliphatic rings. The normalized spacial score (nSPS) is 28.8. The summed E-state index contributed by atoms with van der Waals surface area (Å²) in [6.07, 6.45) is 3.91. The molecule has 5 nitrogen and oxygen atoms in total. The molecule has 0 N–H and O–H groups in total. The van der Waals surface area contributed by atoms with Gasteiger partial charge in [-0.25, -0.2) is 0 Å². The molecule has 0 aromatic rings. The van der Waals surface area contributed by atoms with Crippen molar-refractivity contribution in [3.63, 3.8) is 0 Å². The van der Waals surface area contributed by atoms with Crippen LogP contribution in [0.15, 0.2) is 0 Å².